The molecule has 0 spiro atoms. The van der Waals surface area contributed by atoms with Gasteiger partial charge in [-0.2, -0.15) is 13.2 Å². The summed E-state index contributed by atoms with van der Waals surface area (Å²) in [5, 5.41) is 2.41. The van der Waals surface area contributed by atoms with Crippen molar-refractivity contribution in [1.82, 2.24) is 4.57 Å². The third-order valence-electron chi connectivity index (χ3n) is 4.85. The molecule has 3 rings (SSSR count). The predicted molar refractivity (Wildman–Crippen MR) is 115 cm³/mol. The van der Waals surface area contributed by atoms with Gasteiger partial charge in [-0.25, -0.2) is 8.96 Å². The SMILES string of the molecule is Cc1cc(F)ccc1OC1=CC(C(F)(F)F)=CCC1C(=O)Nc1ccn(COP(=O)(O)O)c(=O)c1. The minimum Gasteiger partial charge on any atom is -0.461 e. The second kappa shape index (κ2) is 10.2. The van der Waals surface area contributed by atoms with Crippen LogP contribution in [-0.2, 0) is 20.6 Å². The van der Waals surface area contributed by atoms with E-state index < -0.39 is 49.5 Å². The molecular formula is C21H19F4N2O7P. The van der Waals surface area contributed by atoms with E-state index >= 15 is 0 Å². The van der Waals surface area contributed by atoms with E-state index in [1.165, 1.54) is 19.1 Å². The summed E-state index contributed by atoms with van der Waals surface area (Å²) >= 11 is 0. The van der Waals surface area contributed by atoms with Crippen molar-refractivity contribution in [2.75, 3.05) is 5.32 Å². The molecule has 1 aliphatic carbocycles. The molecule has 9 nitrogen and oxygen atoms in total. The molecule has 1 unspecified atom stereocenters. The van der Waals surface area contributed by atoms with E-state index in [-0.39, 0.29) is 23.6 Å². The molecule has 0 aliphatic heterocycles. The summed E-state index contributed by atoms with van der Waals surface area (Å²) in [7, 11) is -4.82. The average Bonchev–Trinajstić information content (AvgIpc) is 2.73. The van der Waals surface area contributed by atoms with Gasteiger partial charge in [-0.1, -0.05) is 6.08 Å². The highest BCUT2D eigenvalue weighted by atomic mass is 31.2. The zero-order valence-electron chi connectivity index (χ0n) is 18.0. The van der Waals surface area contributed by atoms with Crippen molar-refractivity contribution < 1.29 is 46.0 Å². The van der Waals surface area contributed by atoms with Gasteiger partial charge in [0.25, 0.3) is 5.56 Å². The molecule has 1 aromatic heterocycles. The molecular weight excluding hydrogens is 499 g/mol. The highest BCUT2D eigenvalue weighted by molar-refractivity contribution is 7.46. The van der Waals surface area contributed by atoms with Gasteiger partial charge in [0.15, 0.2) is 0 Å². The number of carbonyl (C=O) groups excluding carboxylic acids is 1. The number of aryl methyl sites for hydroxylation is 1. The Kier molecular flexibility index (Phi) is 7.65. The monoisotopic (exact) mass is 518 g/mol. The average molecular weight is 518 g/mol. The fourth-order valence-corrected chi connectivity index (χ4v) is 3.40. The minimum atomic E-state index is -4.82. The van der Waals surface area contributed by atoms with E-state index in [0.717, 1.165) is 35.0 Å². The van der Waals surface area contributed by atoms with Crippen molar-refractivity contribution >= 4 is 19.4 Å². The molecule has 1 heterocycles. The highest BCUT2D eigenvalue weighted by Gasteiger charge is 2.37. The third-order valence-corrected chi connectivity index (χ3v) is 5.30. The van der Waals surface area contributed by atoms with Crippen LogP contribution in [0.1, 0.15) is 12.0 Å². The quantitative estimate of drug-likeness (QED) is 0.376. The van der Waals surface area contributed by atoms with Crippen LogP contribution < -0.4 is 15.6 Å². The molecule has 1 aromatic carbocycles. The molecule has 3 N–H and O–H groups in total. The lowest BCUT2D eigenvalue weighted by Gasteiger charge is -2.25. The van der Waals surface area contributed by atoms with E-state index in [4.69, 9.17) is 14.5 Å². The van der Waals surface area contributed by atoms with E-state index in [0.29, 0.717) is 11.6 Å². The van der Waals surface area contributed by atoms with Crippen LogP contribution in [0.2, 0.25) is 0 Å². The van der Waals surface area contributed by atoms with Crippen LogP contribution >= 0.6 is 7.82 Å². The fraction of sp³-hybridized carbons (Fsp3) is 0.238. The highest BCUT2D eigenvalue weighted by Crippen LogP contribution is 2.37. The Morgan fingerprint density at radius 2 is 1.97 bits per heavy atom. The summed E-state index contributed by atoms with van der Waals surface area (Å²) in [4.78, 5) is 42.4. The fourth-order valence-electron chi connectivity index (χ4n) is 3.12. The molecule has 0 radical (unpaired) electrons. The zero-order valence-corrected chi connectivity index (χ0v) is 18.8. The molecule has 0 saturated carbocycles. The number of hydrogen-bond acceptors (Lipinski definition) is 5. The lowest BCUT2D eigenvalue weighted by atomic mass is 9.93. The van der Waals surface area contributed by atoms with Crippen LogP contribution in [0.15, 0.2) is 64.8 Å². The Bertz CT molecular complexity index is 1300. The van der Waals surface area contributed by atoms with Gasteiger partial charge in [0.05, 0.1) is 11.5 Å². The number of benzene rings is 1. The number of rotatable bonds is 7. The number of aromatic nitrogens is 1. The summed E-state index contributed by atoms with van der Waals surface area (Å²) < 4.78 is 74.6. The topological polar surface area (TPSA) is 127 Å². The van der Waals surface area contributed by atoms with Gasteiger partial charge in [-0.05, 0) is 49.2 Å². The first-order valence-corrected chi connectivity index (χ1v) is 11.4. The molecule has 2 aromatic rings. The van der Waals surface area contributed by atoms with E-state index in [2.05, 4.69) is 9.84 Å². The smallest absolute Gasteiger partial charge is 0.461 e. The van der Waals surface area contributed by atoms with Crippen LogP contribution in [0.3, 0.4) is 0 Å². The number of halogens is 4. The van der Waals surface area contributed by atoms with Gasteiger partial charge < -0.3 is 19.8 Å². The molecule has 1 amide bonds. The van der Waals surface area contributed by atoms with Crippen molar-refractivity contribution in [2.45, 2.75) is 26.3 Å². The lowest BCUT2D eigenvalue weighted by molar-refractivity contribution is -0.119. The van der Waals surface area contributed by atoms with E-state index in [9.17, 15) is 31.7 Å². The second-order valence-electron chi connectivity index (χ2n) is 7.47. The number of carbonyl (C=O) groups is 1. The van der Waals surface area contributed by atoms with Gasteiger partial charge in [0.2, 0.25) is 5.91 Å². The maximum atomic E-state index is 13.4. The van der Waals surface area contributed by atoms with Crippen molar-refractivity contribution in [3.8, 4) is 5.75 Å². The Hall–Kier alpha value is -3.25. The Morgan fingerprint density at radius 1 is 1.26 bits per heavy atom. The van der Waals surface area contributed by atoms with Crippen molar-refractivity contribution in [3.63, 3.8) is 0 Å². The summed E-state index contributed by atoms with van der Waals surface area (Å²) in [6.07, 6.45) is -2.42. The number of amides is 1. The number of phosphoric ester groups is 1. The molecule has 0 saturated heterocycles. The van der Waals surface area contributed by atoms with Crippen molar-refractivity contribution in [1.29, 1.82) is 0 Å². The Morgan fingerprint density at radius 3 is 2.57 bits per heavy atom. The summed E-state index contributed by atoms with van der Waals surface area (Å²) in [6, 6.07) is 5.59. The summed E-state index contributed by atoms with van der Waals surface area (Å²) in [5.74, 6) is -2.82. The molecule has 0 bridgehead atoms. The largest absolute Gasteiger partial charge is 0.471 e. The van der Waals surface area contributed by atoms with Crippen LogP contribution in [-0.4, -0.2) is 26.4 Å². The number of allylic oxidation sites excluding steroid dienone is 3. The van der Waals surface area contributed by atoms with Gasteiger partial charge >= 0.3 is 14.0 Å². The minimum absolute atomic E-state index is 0.0182. The van der Waals surface area contributed by atoms with Crippen LogP contribution in [0, 0.1) is 18.7 Å². The molecule has 14 heteroatoms. The standard InChI is InChI=1S/C21H19F4N2O7P/c1-12-8-14(22)3-5-17(12)34-18-9-13(21(23,24)25)2-4-16(18)20(29)26-15-6-7-27(19(28)10-15)11-33-35(30,31)32/h2-3,5-10,16H,4,11H2,1H3,(H,26,29)(H2,30,31,32). The van der Waals surface area contributed by atoms with Gasteiger partial charge in [-0.3, -0.25) is 18.7 Å². The molecule has 1 aliphatic rings. The van der Waals surface area contributed by atoms with Crippen LogP contribution in [0.25, 0.3) is 0 Å². The number of nitrogens with one attached hydrogen (secondary N) is 1. The summed E-state index contributed by atoms with van der Waals surface area (Å²) in [5.41, 5.74) is -1.50. The second-order valence-corrected chi connectivity index (χ2v) is 8.70. The Balaban J connectivity index is 1.82. The molecule has 188 valence electrons. The number of phosphoric acid groups is 1. The third kappa shape index (κ3) is 7.12. The number of pyridine rings is 1. The van der Waals surface area contributed by atoms with Crippen molar-refractivity contribution in [2.24, 2.45) is 5.92 Å². The first kappa shape index (κ1) is 26.4. The van der Waals surface area contributed by atoms with Crippen LogP contribution in [0.4, 0.5) is 23.2 Å². The van der Waals surface area contributed by atoms with Gasteiger partial charge in [-0.15, -0.1) is 0 Å². The number of anilines is 1. The van der Waals surface area contributed by atoms with Gasteiger partial charge in [0, 0.05) is 18.0 Å². The number of ether oxygens (including phenoxy) is 1. The first-order chi connectivity index (χ1) is 16.2. The normalized spacial score (nSPS) is 16.4. The van der Waals surface area contributed by atoms with E-state index in [1.54, 1.807) is 0 Å². The zero-order chi connectivity index (χ0) is 26.0. The number of alkyl halides is 3. The first-order valence-electron chi connectivity index (χ1n) is 9.87. The van der Waals surface area contributed by atoms with Gasteiger partial charge in [0.1, 0.15) is 24.1 Å². The number of nitrogens with zero attached hydrogens (tertiary/aromatic N) is 1. The maximum absolute atomic E-state index is 13.4. The van der Waals surface area contributed by atoms with E-state index in [1.807, 2.05) is 0 Å². The Labute approximate surface area is 195 Å². The molecule has 1 atom stereocenters. The molecule has 35 heavy (non-hydrogen) atoms. The predicted octanol–water partition coefficient (Wildman–Crippen LogP) is 3.77. The lowest BCUT2D eigenvalue weighted by Crippen LogP contribution is -2.30. The number of hydrogen-bond donors (Lipinski definition) is 3. The maximum Gasteiger partial charge on any atom is 0.471 e. The van der Waals surface area contributed by atoms with Crippen molar-refractivity contribution in [3.05, 3.63) is 81.7 Å². The summed E-state index contributed by atoms with van der Waals surface area (Å²) in [6.45, 7) is 0.741. The van der Waals surface area contributed by atoms with Crippen LogP contribution in [0.5, 0.6) is 5.75 Å². The molecule has 0 fully saturated rings.